The summed E-state index contributed by atoms with van der Waals surface area (Å²) in [4.78, 5) is 22.8. The van der Waals surface area contributed by atoms with Gasteiger partial charge in [0.1, 0.15) is 0 Å². The molecule has 3 amide bonds. The van der Waals surface area contributed by atoms with E-state index < -0.39 is 11.9 Å². The van der Waals surface area contributed by atoms with Crippen LogP contribution in [0.1, 0.15) is 54.9 Å². The Bertz CT molecular complexity index is 460. The molecule has 0 aliphatic carbocycles. The zero-order chi connectivity index (χ0) is 15.0. The first-order chi connectivity index (χ1) is 9.57. The van der Waals surface area contributed by atoms with Gasteiger partial charge in [-0.25, -0.2) is 4.79 Å². The number of urea groups is 1. The minimum Gasteiger partial charge on any atom is -0.349 e. The van der Waals surface area contributed by atoms with Crippen LogP contribution in [-0.4, -0.2) is 22.2 Å². The monoisotopic (exact) mass is 278 g/mol. The van der Waals surface area contributed by atoms with Crippen LogP contribution >= 0.6 is 0 Å². The fourth-order valence-corrected chi connectivity index (χ4v) is 2.08. The summed E-state index contributed by atoms with van der Waals surface area (Å²) < 4.78 is 0. The number of imide groups is 1. The zero-order valence-corrected chi connectivity index (χ0v) is 11.8. The van der Waals surface area contributed by atoms with Gasteiger partial charge in [0, 0.05) is 5.56 Å². The third-order valence-corrected chi connectivity index (χ3v) is 3.20. The maximum Gasteiger partial charge on any atom is 0.346 e. The van der Waals surface area contributed by atoms with Crippen molar-refractivity contribution in [3.63, 3.8) is 0 Å². The van der Waals surface area contributed by atoms with Crippen LogP contribution in [0, 0.1) is 0 Å². The van der Waals surface area contributed by atoms with E-state index in [0.717, 1.165) is 24.8 Å². The molecule has 3 N–H and O–H groups in total. The predicted octanol–water partition coefficient (Wildman–Crippen LogP) is 3.11. The molecule has 0 unspecified atom stereocenters. The highest BCUT2D eigenvalue weighted by Crippen LogP contribution is 2.15. The first-order valence-corrected chi connectivity index (χ1v) is 6.98. The number of carbonyl (C=O) groups is 2. The number of hydroxylamine groups is 2. The smallest absolute Gasteiger partial charge is 0.346 e. The van der Waals surface area contributed by atoms with Gasteiger partial charge in [-0.3, -0.25) is 10.0 Å². The number of unbranched alkanes of at least 4 members (excludes halogenated alkanes) is 4. The number of hydrogen-bond acceptors (Lipinski definition) is 3. The molecule has 5 nitrogen and oxygen atoms in total. The van der Waals surface area contributed by atoms with Gasteiger partial charge in [-0.05, 0) is 24.5 Å². The molecule has 20 heavy (non-hydrogen) atoms. The van der Waals surface area contributed by atoms with E-state index in [9.17, 15) is 14.8 Å². The van der Waals surface area contributed by atoms with Crippen molar-refractivity contribution in [3.05, 3.63) is 35.4 Å². The minimum absolute atomic E-state index is 0.0457. The van der Waals surface area contributed by atoms with Gasteiger partial charge >= 0.3 is 6.03 Å². The van der Waals surface area contributed by atoms with Crippen LogP contribution in [0.4, 0.5) is 4.79 Å². The number of carbonyl (C=O) groups excluding carboxylic acids is 2. The number of rotatable bonds is 7. The lowest BCUT2D eigenvalue weighted by Gasteiger charge is -2.13. The number of hydrogen-bond donors (Lipinski definition) is 2. The number of nitrogens with two attached hydrogens (primary N) is 1. The maximum atomic E-state index is 11.9. The SMILES string of the molecule is CCCCCCCc1ccccc1C(=O)N(O)C(N)=O. The molecular weight excluding hydrogens is 256 g/mol. The third-order valence-electron chi connectivity index (χ3n) is 3.20. The Hall–Kier alpha value is -1.88. The lowest BCUT2D eigenvalue weighted by atomic mass is 10.00. The van der Waals surface area contributed by atoms with Crippen LogP contribution in [0.2, 0.25) is 0 Å². The summed E-state index contributed by atoms with van der Waals surface area (Å²) >= 11 is 0. The van der Waals surface area contributed by atoms with E-state index in [1.54, 1.807) is 12.1 Å². The van der Waals surface area contributed by atoms with E-state index in [2.05, 4.69) is 6.92 Å². The van der Waals surface area contributed by atoms with Gasteiger partial charge in [0.25, 0.3) is 5.91 Å². The molecule has 0 radical (unpaired) electrons. The molecule has 0 bridgehead atoms. The zero-order valence-electron chi connectivity index (χ0n) is 11.8. The van der Waals surface area contributed by atoms with Crippen LogP contribution in [0.3, 0.4) is 0 Å². The van der Waals surface area contributed by atoms with Gasteiger partial charge in [-0.1, -0.05) is 50.8 Å². The van der Waals surface area contributed by atoms with E-state index in [1.165, 1.54) is 19.3 Å². The topological polar surface area (TPSA) is 83.6 Å². The molecule has 0 atom stereocenters. The molecule has 1 aromatic carbocycles. The minimum atomic E-state index is -1.17. The first kappa shape index (κ1) is 16.2. The number of primary amides is 1. The van der Waals surface area contributed by atoms with Gasteiger partial charge in [0.2, 0.25) is 0 Å². The Labute approximate surface area is 119 Å². The molecule has 0 saturated heterocycles. The molecule has 1 aromatic rings. The van der Waals surface area contributed by atoms with Crippen molar-refractivity contribution in [2.24, 2.45) is 5.73 Å². The fraction of sp³-hybridized carbons (Fsp3) is 0.467. The van der Waals surface area contributed by atoms with Crippen LogP contribution in [-0.2, 0) is 6.42 Å². The van der Waals surface area contributed by atoms with E-state index in [0.29, 0.717) is 5.56 Å². The highest BCUT2D eigenvalue weighted by molar-refractivity contribution is 6.03. The highest BCUT2D eigenvalue weighted by atomic mass is 16.5. The second-order valence-electron chi connectivity index (χ2n) is 4.78. The van der Waals surface area contributed by atoms with Gasteiger partial charge in [-0.2, -0.15) is 0 Å². The van der Waals surface area contributed by atoms with Crippen LogP contribution < -0.4 is 5.73 Å². The van der Waals surface area contributed by atoms with Crippen LogP contribution in [0.25, 0.3) is 0 Å². The lowest BCUT2D eigenvalue weighted by molar-refractivity contribution is -0.0203. The Balaban J connectivity index is 2.68. The molecule has 0 aliphatic rings. The van der Waals surface area contributed by atoms with Gasteiger partial charge in [-0.15, -0.1) is 5.06 Å². The maximum absolute atomic E-state index is 11.9. The number of benzene rings is 1. The second-order valence-corrected chi connectivity index (χ2v) is 4.78. The van der Waals surface area contributed by atoms with Crippen molar-refractivity contribution in [2.75, 3.05) is 0 Å². The Morgan fingerprint density at radius 1 is 1.15 bits per heavy atom. The third kappa shape index (κ3) is 4.66. The van der Waals surface area contributed by atoms with Crippen molar-refractivity contribution in [1.29, 1.82) is 0 Å². The van der Waals surface area contributed by atoms with Gasteiger partial charge < -0.3 is 5.73 Å². The van der Waals surface area contributed by atoms with E-state index in [4.69, 9.17) is 5.73 Å². The van der Waals surface area contributed by atoms with Crippen LogP contribution in [0.5, 0.6) is 0 Å². The normalized spacial score (nSPS) is 10.3. The van der Waals surface area contributed by atoms with Crippen LogP contribution in [0.15, 0.2) is 24.3 Å². The molecule has 5 heteroatoms. The van der Waals surface area contributed by atoms with E-state index >= 15 is 0 Å². The molecule has 0 spiro atoms. The average Bonchev–Trinajstić information content (AvgIpc) is 2.46. The average molecular weight is 278 g/mol. The quantitative estimate of drug-likeness (QED) is 0.456. The van der Waals surface area contributed by atoms with Crippen molar-refractivity contribution in [1.82, 2.24) is 5.06 Å². The molecular formula is C15H22N2O3. The molecule has 0 fully saturated rings. The Morgan fingerprint density at radius 2 is 1.80 bits per heavy atom. The second kappa shape index (κ2) is 8.32. The standard InChI is InChI=1S/C15H22N2O3/c1-2-3-4-5-6-9-12-10-7-8-11-13(12)14(18)17(20)15(16)19/h7-8,10-11,20H,2-6,9H2,1H3,(H2,16,19). The molecule has 1 rings (SSSR count). The van der Waals surface area contributed by atoms with Gasteiger partial charge in [0.05, 0.1) is 0 Å². The molecule has 0 heterocycles. The molecule has 0 aromatic heterocycles. The largest absolute Gasteiger partial charge is 0.349 e. The fourth-order valence-electron chi connectivity index (χ4n) is 2.08. The molecule has 110 valence electrons. The van der Waals surface area contributed by atoms with Crippen molar-refractivity contribution >= 4 is 11.9 Å². The summed E-state index contributed by atoms with van der Waals surface area (Å²) in [6.07, 6.45) is 6.42. The summed E-state index contributed by atoms with van der Waals surface area (Å²) in [6, 6.07) is 5.79. The number of aryl methyl sites for hydroxylation is 1. The summed E-state index contributed by atoms with van der Waals surface area (Å²) in [5.41, 5.74) is 6.05. The lowest BCUT2D eigenvalue weighted by Crippen LogP contribution is -2.38. The first-order valence-electron chi connectivity index (χ1n) is 6.98. The van der Waals surface area contributed by atoms with Crippen molar-refractivity contribution in [2.45, 2.75) is 45.4 Å². The summed E-state index contributed by atoms with van der Waals surface area (Å²) in [5, 5.41) is 9.28. The van der Waals surface area contributed by atoms with Crippen molar-refractivity contribution in [3.8, 4) is 0 Å². The molecule has 0 saturated carbocycles. The van der Waals surface area contributed by atoms with E-state index in [-0.39, 0.29) is 5.06 Å². The summed E-state index contributed by atoms with van der Waals surface area (Å²) in [6.45, 7) is 2.16. The molecule has 0 aliphatic heterocycles. The highest BCUT2D eigenvalue weighted by Gasteiger charge is 2.20. The Kier molecular flexibility index (Phi) is 6.73. The summed E-state index contributed by atoms with van der Waals surface area (Å²) in [7, 11) is 0. The summed E-state index contributed by atoms with van der Waals surface area (Å²) in [5.74, 6) is -0.776. The number of amides is 3. The Morgan fingerprint density at radius 3 is 2.45 bits per heavy atom. The predicted molar refractivity (Wildman–Crippen MR) is 76.4 cm³/mol. The number of nitrogens with zero attached hydrogens (tertiary/aromatic N) is 1. The van der Waals surface area contributed by atoms with Gasteiger partial charge in [0.15, 0.2) is 0 Å². The van der Waals surface area contributed by atoms with Crippen molar-refractivity contribution < 1.29 is 14.8 Å². The van der Waals surface area contributed by atoms with E-state index in [1.807, 2.05) is 12.1 Å².